The molecule has 4 heterocycles. The summed E-state index contributed by atoms with van der Waals surface area (Å²) in [4.78, 5) is 2.25. The Kier molecular flexibility index (Phi) is 5.26. The molecule has 2 aliphatic rings. The summed E-state index contributed by atoms with van der Waals surface area (Å²) in [6.45, 7) is 11.2. The first-order valence-corrected chi connectivity index (χ1v) is 9.91. The molecule has 9 heteroatoms. The number of hydrogen-bond donors (Lipinski definition) is 2. The molecule has 2 N–H and O–H groups in total. The lowest BCUT2D eigenvalue weighted by molar-refractivity contribution is -0.0534. The lowest BCUT2D eigenvalue weighted by Gasteiger charge is -2.40. The van der Waals surface area contributed by atoms with Gasteiger partial charge in [0, 0.05) is 37.5 Å². The number of hydrogen-bond acceptors (Lipinski definition) is 8. The van der Waals surface area contributed by atoms with Crippen molar-refractivity contribution >= 4 is 11.5 Å². The number of aliphatic hydroxyl groups is 1. The molecule has 2 aromatic rings. The second-order valence-electron chi connectivity index (χ2n) is 8.97. The molecule has 154 valence electrons. The Morgan fingerprint density at radius 3 is 2.57 bits per heavy atom. The Balaban J connectivity index is 1.30. The topological polar surface area (TPSA) is 97.0 Å². The van der Waals surface area contributed by atoms with Crippen LogP contribution >= 0.6 is 0 Å². The molecule has 0 saturated carbocycles. The highest BCUT2D eigenvalue weighted by atomic mass is 16.6. The summed E-state index contributed by atoms with van der Waals surface area (Å²) in [7, 11) is 0. The summed E-state index contributed by atoms with van der Waals surface area (Å²) in [6, 6.07) is 3.97. The van der Waals surface area contributed by atoms with Crippen LogP contribution in [-0.4, -0.2) is 83.1 Å². The minimum atomic E-state index is -0.940. The second-order valence-corrected chi connectivity index (χ2v) is 8.97. The van der Waals surface area contributed by atoms with Gasteiger partial charge in [-0.15, -0.1) is 15.3 Å². The fourth-order valence-electron chi connectivity index (χ4n) is 3.60. The Bertz CT molecular complexity index is 804. The number of aromatic nitrogens is 4. The third-order valence-electron chi connectivity index (χ3n) is 5.20. The maximum Gasteiger partial charge on any atom is 0.178 e. The molecule has 0 aliphatic carbocycles. The van der Waals surface area contributed by atoms with Gasteiger partial charge < -0.3 is 24.8 Å². The number of nitrogens with one attached hydrogen (secondary N) is 1. The highest BCUT2D eigenvalue weighted by Gasteiger charge is 2.32. The summed E-state index contributed by atoms with van der Waals surface area (Å²) < 4.78 is 12.7. The zero-order valence-corrected chi connectivity index (χ0v) is 16.9. The van der Waals surface area contributed by atoms with Crippen molar-refractivity contribution in [3.63, 3.8) is 0 Å². The summed E-state index contributed by atoms with van der Waals surface area (Å²) in [5.74, 6) is 2.33. The number of ether oxygens (including phenoxy) is 2. The molecule has 0 aromatic carbocycles. The SMILES string of the molecule is CC(C)(C)c1nnc2ccc(N3CC(CNCC4(O)COCCOC4)C3)nn12. The van der Waals surface area contributed by atoms with Gasteiger partial charge in [-0.3, -0.25) is 0 Å². The van der Waals surface area contributed by atoms with Crippen LogP contribution in [0.1, 0.15) is 26.6 Å². The highest BCUT2D eigenvalue weighted by molar-refractivity contribution is 5.47. The van der Waals surface area contributed by atoms with Crippen molar-refractivity contribution in [2.24, 2.45) is 5.92 Å². The Morgan fingerprint density at radius 1 is 1.18 bits per heavy atom. The van der Waals surface area contributed by atoms with E-state index in [1.807, 2.05) is 16.6 Å². The van der Waals surface area contributed by atoms with E-state index in [1.54, 1.807) is 0 Å². The van der Waals surface area contributed by atoms with Gasteiger partial charge in [0.2, 0.25) is 0 Å². The zero-order chi connectivity index (χ0) is 19.8. The van der Waals surface area contributed by atoms with Gasteiger partial charge in [0.25, 0.3) is 0 Å². The second kappa shape index (κ2) is 7.55. The van der Waals surface area contributed by atoms with Crippen LogP contribution in [-0.2, 0) is 14.9 Å². The van der Waals surface area contributed by atoms with Crippen LogP contribution in [0.2, 0.25) is 0 Å². The first kappa shape index (κ1) is 19.5. The lowest BCUT2D eigenvalue weighted by atomic mass is 9.96. The van der Waals surface area contributed by atoms with E-state index in [1.165, 1.54) is 0 Å². The molecule has 0 radical (unpaired) electrons. The van der Waals surface area contributed by atoms with Crippen molar-refractivity contribution in [3.8, 4) is 0 Å². The van der Waals surface area contributed by atoms with Crippen LogP contribution < -0.4 is 10.2 Å². The molecule has 2 aliphatic heterocycles. The molecular weight excluding hydrogens is 360 g/mol. The number of nitrogens with zero attached hydrogens (tertiary/aromatic N) is 5. The van der Waals surface area contributed by atoms with E-state index in [4.69, 9.17) is 14.6 Å². The fourth-order valence-corrected chi connectivity index (χ4v) is 3.60. The van der Waals surface area contributed by atoms with Gasteiger partial charge in [-0.2, -0.15) is 4.52 Å². The van der Waals surface area contributed by atoms with Crippen molar-refractivity contribution < 1.29 is 14.6 Å². The molecule has 2 fully saturated rings. The normalized spacial score (nSPS) is 20.9. The number of anilines is 1. The lowest BCUT2D eigenvalue weighted by Crippen LogP contribution is -2.54. The van der Waals surface area contributed by atoms with Gasteiger partial charge in [0.1, 0.15) is 11.4 Å². The molecule has 0 unspecified atom stereocenters. The first-order valence-electron chi connectivity index (χ1n) is 9.91. The third kappa shape index (κ3) is 4.12. The van der Waals surface area contributed by atoms with Crippen molar-refractivity contribution in [3.05, 3.63) is 18.0 Å². The van der Waals surface area contributed by atoms with Gasteiger partial charge in [0.05, 0.1) is 26.4 Å². The minimum absolute atomic E-state index is 0.113. The quantitative estimate of drug-likeness (QED) is 0.749. The number of fused-ring (bicyclic) bond motifs is 1. The molecular formula is C19H30N6O3. The Morgan fingerprint density at radius 2 is 1.89 bits per heavy atom. The van der Waals surface area contributed by atoms with Crippen LogP contribution in [0.4, 0.5) is 5.82 Å². The molecule has 28 heavy (non-hydrogen) atoms. The average molecular weight is 390 g/mol. The summed E-state index contributed by atoms with van der Waals surface area (Å²) in [5, 5.41) is 27.2. The molecule has 0 bridgehead atoms. The predicted molar refractivity (Wildman–Crippen MR) is 105 cm³/mol. The van der Waals surface area contributed by atoms with Crippen LogP contribution in [0.5, 0.6) is 0 Å². The molecule has 2 aromatic heterocycles. The van der Waals surface area contributed by atoms with E-state index in [-0.39, 0.29) is 5.41 Å². The maximum absolute atomic E-state index is 10.5. The van der Waals surface area contributed by atoms with Gasteiger partial charge in [-0.25, -0.2) is 0 Å². The largest absolute Gasteiger partial charge is 0.384 e. The van der Waals surface area contributed by atoms with Gasteiger partial charge in [-0.1, -0.05) is 20.8 Å². The maximum atomic E-state index is 10.5. The summed E-state index contributed by atoms with van der Waals surface area (Å²) in [5.41, 5.74) is -0.281. The van der Waals surface area contributed by atoms with E-state index >= 15 is 0 Å². The van der Waals surface area contributed by atoms with Gasteiger partial charge in [0.15, 0.2) is 11.5 Å². The van der Waals surface area contributed by atoms with E-state index in [2.05, 4.69) is 41.2 Å². The molecule has 0 spiro atoms. The average Bonchev–Trinajstić information content (AvgIpc) is 2.92. The molecule has 9 nitrogen and oxygen atoms in total. The van der Waals surface area contributed by atoms with E-state index in [0.717, 1.165) is 36.9 Å². The molecule has 0 atom stereocenters. The van der Waals surface area contributed by atoms with Crippen LogP contribution in [0, 0.1) is 5.92 Å². The Labute approximate surface area is 165 Å². The Hall–Kier alpha value is -1.81. The molecule has 4 rings (SSSR count). The van der Waals surface area contributed by atoms with Crippen LogP contribution in [0.15, 0.2) is 12.1 Å². The van der Waals surface area contributed by atoms with Crippen molar-refractivity contribution in [1.82, 2.24) is 25.1 Å². The zero-order valence-electron chi connectivity index (χ0n) is 16.9. The summed E-state index contributed by atoms with van der Waals surface area (Å²) >= 11 is 0. The van der Waals surface area contributed by atoms with Crippen LogP contribution in [0.25, 0.3) is 5.65 Å². The van der Waals surface area contributed by atoms with E-state index in [0.29, 0.717) is 38.9 Å². The van der Waals surface area contributed by atoms with Crippen molar-refractivity contribution in [1.29, 1.82) is 0 Å². The molecule has 2 saturated heterocycles. The van der Waals surface area contributed by atoms with Gasteiger partial charge in [-0.05, 0) is 12.1 Å². The van der Waals surface area contributed by atoms with Gasteiger partial charge >= 0.3 is 0 Å². The standard InChI is InChI=1S/C19H30N6O3/c1-18(2,3)17-22-21-15-4-5-16(23-25(15)17)24-9-14(10-24)8-20-11-19(26)12-27-6-7-28-13-19/h4-5,14,20,26H,6-13H2,1-3H3. The van der Waals surface area contributed by atoms with E-state index in [9.17, 15) is 5.11 Å². The first-order chi connectivity index (χ1) is 13.3. The molecule has 0 amide bonds. The monoisotopic (exact) mass is 390 g/mol. The van der Waals surface area contributed by atoms with E-state index < -0.39 is 5.60 Å². The summed E-state index contributed by atoms with van der Waals surface area (Å²) in [6.07, 6.45) is 0. The highest BCUT2D eigenvalue weighted by Crippen LogP contribution is 2.25. The van der Waals surface area contributed by atoms with Crippen LogP contribution in [0.3, 0.4) is 0 Å². The minimum Gasteiger partial charge on any atom is -0.384 e. The van der Waals surface area contributed by atoms with Crippen molar-refractivity contribution in [2.75, 3.05) is 57.5 Å². The third-order valence-corrected chi connectivity index (χ3v) is 5.20. The number of rotatable bonds is 5. The van der Waals surface area contributed by atoms with Crippen molar-refractivity contribution in [2.45, 2.75) is 31.8 Å². The smallest absolute Gasteiger partial charge is 0.178 e. The fraction of sp³-hybridized carbons (Fsp3) is 0.737. The predicted octanol–water partition coefficient (Wildman–Crippen LogP) is 0.226.